The number of hydrogen-bond acceptors (Lipinski definition) is 6. The molecule has 1 aliphatic heterocycles. The topological polar surface area (TPSA) is 55.9 Å². The molecule has 1 saturated heterocycles. The third kappa shape index (κ3) is 4.48. The Morgan fingerprint density at radius 1 is 1.12 bits per heavy atom. The number of aromatic nitrogens is 1. The first kappa shape index (κ1) is 22.6. The molecule has 0 amide bonds. The third-order valence-corrected chi connectivity index (χ3v) is 8.09. The molecule has 1 aromatic carbocycles. The van der Waals surface area contributed by atoms with Crippen molar-refractivity contribution >= 4 is 11.4 Å². The number of pyridine rings is 1. The smallest absolute Gasteiger partial charge is 0.161 e. The number of piperidine rings is 1. The second-order valence-corrected chi connectivity index (χ2v) is 9.83. The Morgan fingerprint density at radius 3 is 2.94 bits per heavy atom. The molecule has 1 N–H and O–H groups in total. The highest BCUT2D eigenvalue weighted by Crippen LogP contribution is 2.55. The van der Waals surface area contributed by atoms with Gasteiger partial charge in [-0.15, -0.1) is 0 Å². The molecule has 0 unspecified atom stereocenters. The van der Waals surface area contributed by atoms with E-state index < -0.39 is 0 Å². The molecular weight excluding hydrogens is 414 g/mol. The van der Waals surface area contributed by atoms with E-state index in [9.17, 15) is 0 Å². The summed E-state index contributed by atoms with van der Waals surface area (Å²) in [6.45, 7) is 3.39. The highest BCUT2D eigenvalue weighted by Gasteiger charge is 2.53. The minimum atomic E-state index is 0.359. The van der Waals surface area contributed by atoms with E-state index in [1.807, 2.05) is 6.07 Å². The fraction of sp³-hybridized carbons (Fsp3) is 0.593. The highest BCUT2D eigenvalue weighted by molar-refractivity contribution is 5.67. The van der Waals surface area contributed by atoms with Crippen LogP contribution in [0.1, 0.15) is 43.2 Å². The molecule has 1 saturated carbocycles. The number of likely N-dealkylation sites (tertiary alicyclic amines) is 1. The zero-order chi connectivity index (χ0) is 22.7. The van der Waals surface area contributed by atoms with Crippen LogP contribution in [0, 0.1) is 5.92 Å². The van der Waals surface area contributed by atoms with Crippen molar-refractivity contribution in [3.8, 4) is 5.75 Å². The number of likely N-dealkylation sites (N-methyl/N-ethyl adjacent to an activating group) is 1. The number of rotatable bonds is 9. The van der Waals surface area contributed by atoms with Gasteiger partial charge >= 0.3 is 0 Å². The number of anilines is 2. The van der Waals surface area contributed by atoms with E-state index in [-0.39, 0.29) is 0 Å². The number of benzene rings is 1. The van der Waals surface area contributed by atoms with Gasteiger partial charge in [-0.3, -0.25) is 4.98 Å². The van der Waals surface area contributed by atoms with Gasteiger partial charge in [0, 0.05) is 30.5 Å². The number of ether oxygens (including phenoxy) is 3. The van der Waals surface area contributed by atoms with E-state index in [1.165, 1.54) is 45.1 Å². The third-order valence-electron chi connectivity index (χ3n) is 8.09. The van der Waals surface area contributed by atoms with Gasteiger partial charge in [-0.25, -0.2) is 0 Å². The van der Waals surface area contributed by atoms with E-state index in [1.54, 1.807) is 30.6 Å². The van der Waals surface area contributed by atoms with E-state index >= 15 is 0 Å². The first-order valence-corrected chi connectivity index (χ1v) is 12.5. The monoisotopic (exact) mass is 451 g/mol. The van der Waals surface area contributed by atoms with Gasteiger partial charge < -0.3 is 24.4 Å². The Bertz CT molecular complexity index is 952. The van der Waals surface area contributed by atoms with Crippen LogP contribution >= 0.6 is 0 Å². The summed E-state index contributed by atoms with van der Waals surface area (Å²) in [6.07, 6.45) is 11.5. The highest BCUT2D eigenvalue weighted by atomic mass is 16.5. The standard InChI is InChI=1S/C27H37N3O3/c1-30-12-10-27-9-4-3-5-22(27)25(30)17-20-6-7-21(18-23(20)27)29-24-8-11-28-19-26(24)33-16-15-32-14-13-31-2/h6-8,11,18-19,22,25H,3-5,9-10,12-17H2,1-2H3,(H,28,29)/t22-,25+,27+/m0/s1. The van der Waals surface area contributed by atoms with Crippen LogP contribution in [0.2, 0.25) is 0 Å². The molecule has 0 spiro atoms. The first-order chi connectivity index (χ1) is 16.2. The summed E-state index contributed by atoms with van der Waals surface area (Å²) in [6, 6.07) is 9.71. The fourth-order valence-corrected chi connectivity index (χ4v) is 6.48. The Hall–Kier alpha value is -2.15. The quantitative estimate of drug-likeness (QED) is 0.565. The van der Waals surface area contributed by atoms with Gasteiger partial charge in [0.2, 0.25) is 0 Å². The Labute approximate surface area is 197 Å². The number of methoxy groups -OCH3 is 1. The second-order valence-electron chi connectivity index (χ2n) is 9.83. The molecule has 1 aromatic heterocycles. The molecule has 3 atom stereocenters. The number of fused-ring (bicyclic) bond motifs is 1. The van der Waals surface area contributed by atoms with Crippen LogP contribution in [0.3, 0.4) is 0 Å². The van der Waals surface area contributed by atoms with Crippen molar-refractivity contribution in [2.45, 2.75) is 50.0 Å². The van der Waals surface area contributed by atoms with Gasteiger partial charge in [-0.1, -0.05) is 18.9 Å². The first-order valence-electron chi connectivity index (χ1n) is 12.5. The maximum Gasteiger partial charge on any atom is 0.161 e. The predicted octanol–water partition coefficient (Wildman–Crippen LogP) is 4.56. The van der Waals surface area contributed by atoms with E-state index in [2.05, 4.69) is 40.4 Å². The van der Waals surface area contributed by atoms with E-state index in [4.69, 9.17) is 14.2 Å². The predicted molar refractivity (Wildman–Crippen MR) is 131 cm³/mol. The van der Waals surface area contributed by atoms with Crippen molar-refractivity contribution < 1.29 is 14.2 Å². The van der Waals surface area contributed by atoms with Crippen LogP contribution in [-0.2, 0) is 21.3 Å². The van der Waals surface area contributed by atoms with Gasteiger partial charge in [0.15, 0.2) is 5.75 Å². The largest absolute Gasteiger partial charge is 0.487 e. The van der Waals surface area contributed by atoms with Crippen molar-refractivity contribution in [3.63, 3.8) is 0 Å². The zero-order valence-corrected chi connectivity index (χ0v) is 20.0. The lowest BCUT2D eigenvalue weighted by molar-refractivity contribution is 0.00290. The lowest BCUT2D eigenvalue weighted by Crippen LogP contribution is -2.59. The van der Waals surface area contributed by atoms with Crippen molar-refractivity contribution in [3.05, 3.63) is 47.8 Å². The average Bonchev–Trinajstić information content (AvgIpc) is 2.85. The summed E-state index contributed by atoms with van der Waals surface area (Å²) in [5.41, 5.74) is 5.59. The Balaban J connectivity index is 1.34. The average molecular weight is 452 g/mol. The van der Waals surface area contributed by atoms with Crippen LogP contribution in [0.25, 0.3) is 0 Å². The number of nitrogens with one attached hydrogen (secondary N) is 1. The van der Waals surface area contributed by atoms with Crippen LogP contribution in [0.15, 0.2) is 36.7 Å². The molecule has 2 fully saturated rings. The van der Waals surface area contributed by atoms with Crippen molar-refractivity contribution in [1.82, 2.24) is 9.88 Å². The van der Waals surface area contributed by atoms with Crippen LogP contribution < -0.4 is 10.1 Å². The Morgan fingerprint density at radius 2 is 2.03 bits per heavy atom. The maximum absolute atomic E-state index is 5.97. The summed E-state index contributed by atoms with van der Waals surface area (Å²) in [5.74, 6) is 1.55. The van der Waals surface area contributed by atoms with E-state index in [0.717, 1.165) is 23.0 Å². The second kappa shape index (κ2) is 10.00. The zero-order valence-electron chi connectivity index (χ0n) is 20.0. The minimum absolute atomic E-state index is 0.359. The Kier molecular flexibility index (Phi) is 6.86. The van der Waals surface area contributed by atoms with Gasteiger partial charge in [0.1, 0.15) is 6.61 Å². The van der Waals surface area contributed by atoms with Gasteiger partial charge in [-0.05, 0) is 74.5 Å². The van der Waals surface area contributed by atoms with Gasteiger partial charge in [-0.2, -0.15) is 0 Å². The summed E-state index contributed by atoms with van der Waals surface area (Å²) in [5, 5.41) is 3.62. The van der Waals surface area contributed by atoms with Crippen molar-refractivity contribution in [2.75, 3.05) is 52.4 Å². The normalized spacial score (nSPS) is 26.4. The summed E-state index contributed by atoms with van der Waals surface area (Å²) in [7, 11) is 4.00. The molecule has 6 heteroatoms. The van der Waals surface area contributed by atoms with E-state index in [0.29, 0.717) is 37.9 Å². The molecular formula is C27H37N3O3. The molecule has 2 bridgehead atoms. The van der Waals surface area contributed by atoms with Gasteiger partial charge in [0.25, 0.3) is 0 Å². The lowest BCUT2D eigenvalue weighted by Gasteiger charge is -2.58. The molecule has 33 heavy (non-hydrogen) atoms. The van der Waals surface area contributed by atoms with Crippen LogP contribution in [0.4, 0.5) is 11.4 Å². The van der Waals surface area contributed by atoms with Crippen LogP contribution in [0.5, 0.6) is 5.75 Å². The molecule has 2 heterocycles. The maximum atomic E-state index is 5.97. The lowest BCUT2D eigenvalue weighted by atomic mass is 9.52. The molecule has 0 radical (unpaired) electrons. The van der Waals surface area contributed by atoms with Gasteiger partial charge in [0.05, 0.1) is 31.7 Å². The summed E-state index contributed by atoms with van der Waals surface area (Å²) in [4.78, 5) is 6.88. The summed E-state index contributed by atoms with van der Waals surface area (Å²) >= 11 is 0. The van der Waals surface area contributed by atoms with Crippen molar-refractivity contribution in [1.29, 1.82) is 0 Å². The van der Waals surface area contributed by atoms with Crippen molar-refractivity contribution in [2.24, 2.45) is 5.92 Å². The summed E-state index contributed by atoms with van der Waals surface area (Å²) < 4.78 is 16.5. The minimum Gasteiger partial charge on any atom is -0.487 e. The number of hydrogen-bond donors (Lipinski definition) is 1. The molecule has 6 nitrogen and oxygen atoms in total. The molecule has 178 valence electrons. The fourth-order valence-electron chi connectivity index (χ4n) is 6.48. The molecule has 2 aromatic rings. The molecule has 2 aliphatic carbocycles. The SMILES string of the molecule is COCCOCCOc1cnccc1Nc1ccc2c(c1)[C@@]13CCCC[C@H]1[C@@H](C2)N(C)CC3. The molecule has 3 aliphatic rings. The molecule has 5 rings (SSSR count). The number of nitrogens with zero attached hydrogens (tertiary/aromatic N) is 2. The van der Waals surface area contributed by atoms with Crippen LogP contribution in [-0.4, -0.2) is 63.1 Å².